The van der Waals surface area contributed by atoms with Crippen LogP contribution in [0.4, 0.5) is 0 Å². The number of amides is 1. The number of ether oxygens (including phenoxy) is 1. The molecule has 1 aliphatic rings. The second kappa shape index (κ2) is 6.59. The number of benzene rings is 2. The first-order chi connectivity index (χ1) is 10.6. The Morgan fingerprint density at radius 3 is 2.55 bits per heavy atom. The van der Waals surface area contributed by atoms with E-state index in [2.05, 4.69) is 5.32 Å². The number of nitrogens with one attached hydrogen (secondary N) is 1. The summed E-state index contributed by atoms with van der Waals surface area (Å²) in [5, 5.41) is 3.90. The Morgan fingerprint density at radius 1 is 1.14 bits per heavy atom. The molecule has 0 aliphatic heterocycles. The maximum atomic E-state index is 12.5. The average Bonchev–Trinajstić information content (AvgIpc) is 3.33. The van der Waals surface area contributed by atoms with Crippen LogP contribution in [0.3, 0.4) is 0 Å². The Kier molecular flexibility index (Phi) is 4.55. The van der Waals surface area contributed by atoms with Gasteiger partial charge in [0.25, 0.3) is 5.91 Å². The monoisotopic (exact) mass is 335 g/mol. The van der Waals surface area contributed by atoms with Crippen LogP contribution in [0.15, 0.2) is 48.5 Å². The number of carbonyl (C=O) groups excluding carboxylic acids is 1. The summed E-state index contributed by atoms with van der Waals surface area (Å²) in [5.74, 6) is 0.235. The lowest BCUT2D eigenvalue weighted by Gasteiger charge is -2.20. The summed E-state index contributed by atoms with van der Waals surface area (Å²) in [6.45, 7) is 0. The van der Waals surface area contributed by atoms with Crippen LogP contribution in [0.2, 0.25) is 10.0 Å². The summed E-state index contributed by atoms with van der Waals surface area (Å²) in [5.41, 5.74) is 0.775. The summed E-state index contributed by atoms with van der Waals surface area (Å²) in [6.07, 6.45) is 1.29. The second-order valence-corrected chi connectivity index (χ2v) is 6.11. The molecule has 0 spiro atoms. The molecule has 0 bridgehead atoms. The lowest BCUT2D eigenvalue weighted by molar-refractivity contribution is -0.128. The van der Waals surface area contributed by atoms with Gasteiger partial charge in [0.15, 0.2) is 0 Å². The van der Waals surface area contributed by atoms with Crippen LogP contribution in [0.25, 0.3) is 0 Å². The van der Waals surface area contributed by atoms with Crippen molar-refractivity contribution in [3.63, 3.8) is 0 Å². The lowest BCUT2D eigenvalue weighted by atomic mass is 10.1. The average molecular weight is 336 g/mol. The van der Waals surface area contributed by atoms with Gasteiger partial charge in [-0.05, 0) is 25.0 Å². The van der Waals surface area contributed by atoms with Crippen molar-refractivity contribution in [3.05, 3.63) is 64.1 Å². The third kappa shape index (κ3) is 3.73. The van der Waals surface area contributed by atoms with E-state index in [1.165, 1.54) is 0 Å². The zero-order valence-electron chi connectivity index (χ0n) is 11.8. The second-order valence-electron chi connectivity index (χ2n) is 5.27. The van der Waals surface area contributed by atoms with Crippen LogP contribution < -0.4 is 10.1 Å². The third-order valence-electron chi connectivity index (χ3n) is 3.40. The molecule has 2 aromatic carbocycles. The fourth-order valence-electron chi connectivity index (χ4n) is 2.10. The van der Waals surface area contributed by atoms with Gasteiger partial charge in [-0.2, -0.15) is 0 Å². The van der Waals surface area contributed by atoms with Gasteiger partial charge in [0, 0.05) is 22.7 Å². The highest BCUT2D eigenvalue weighted by Crippen LogP contribution is 2.32. The van der Waals surface area contributed by atoms with Crippen molar-refractivity contribution in [1.29, 1.82) is 0 Å². The number of rotatable bonds is 5. The van der Waals surface area contributed by atoms with Crippen LogP contribution >= 0.6 is 23.2 Å². The van der Waals surface area contributed by atoms with Gasteiger partial charge in [-0.3, -0.25) is 4.79 Å². The number of hydrogen-bond acceptors (Lipinski definition) is 2. The van der Waals surface area contributed by atoms with Crippen molar-refractivity contribution in [3.8, 4) is 5.75 Å². The highest BCUT2D eigenvalue weighted by Gasteiger charge is 2.30. The Balaban J connectivity index is 1.87. The van der Waals surface area contributed by atoms with Gasteiger partial charge in [0.1, 0.15) is 5.75 Å². The van der Waals surface area contributed by atoms with Crippen molar-refractivity contribution < 1.29 is 9.53 Å². The fraction of sp³-hybridized carbons (Fsp3) is 0.235. The van der Waals surface area contributed by atoms with Gasteiger partial charge in [-0.1, -0.05) is 53.5 Å². The molecule has 2 aromatic rings. The van der Waals surface area contributed by atoms with Gasteiger partial charge >= 0.3 is 0 Å². The molecule has 1 fully saturated rings. The molecule has 5 heteroatoms. The van der Waals surface area contributed by atoms with Crippen LogP contribution in [-0.2, 0) is 4.79 Å². The fourth-order valence-corrected chi connectivity index (χ4v) is 2.42. The van der Waals surface area contributed by atoms with Gasteiger partial charge in [-0.15, -0.1) is 0 Å². The molecule has 1 N–H and O–H groups in total. The molecule has 0 heterocycles. The van der Waals surface area contributed by atoms with E-state index in [4.69, 9.17) is 27.9 Å². The van der Waals surface area contributed by atoms with E-state index in [1.54, 1.807) is 18.2 Å². The quantitative estimate of drug-likeness (QED) is 0.879. The maximum absolute atomic E-state index is 12.5. The van der Waals surface area contributed by atoms with Crippen molar-refractivity contribution in [1.82, 2.24) is 5.32 Å². The smallest absolute Gasteiger partial charge is 0.266 e. The Labute approximate surface area is 139 Å². The van der Waals surface area contributed by atoms with Crippen LogP contribution in [0.5, 0.6) is 5.75 Å². The zero-order valence-corrected chi connectivity index (χ0v) is 13.3. The highest BCUT2D eigenvalue weighted by molar-refractivity contribution is 6.34. The van der Waals surface area contributed by atoms with E-state index in [-0.39, 0.29) is 11.9 Å². The molecule has 3 rings (SSSR count). The molecule has 22 heavy (non-hydrogen) atoms. The van der Waals surface area contributed by atoms with Crippen molar-refractivity contribution in [2.75, 3.05) is 0 Å². The molecule has 1 amide bonds. The summed E-state index contributed by atoms with van der Waals surface area (Å²) in [6, 6.07) is 14.6. The van der Waals surface area contributed by atoms with E-state index >= 15 is 0 Å². The van der Waals surface area contributed by atoms with E-state index in [0.717, 1.165) is 18.4 Å². The predicted molar refractivity (Wildman–Crippen MR) is 87.4 cm³/mol. The van der Waals surface area contributed by atoms with Gasteiger partial charge in [-0.25, -0.2) is 0 Å². The van der Waals surface area contributed by atoms with Crippen molar-refractivity contribution in [2.24, 2.45) is 0 Å². The van der Waals surface area contributed by atoms with Crippen LogP contribution in [-0.4, -0.2) is 11.9 Å². The summed E-state index contributed by atoms with van der Waals surface area (Å²) in [7, 11) is 0. The molecule has 1 atom stereocenters. The third-order valence-corrected chi connectivity index (χ3v) is 3.95. The molecule has 114 valence electrons. The molecule has 0 saturated heterocycles. The summed E-state index contributed by atoms with van der Waals surface area (Å²) < 4.78 is 5.87. The predicted octanol–water partition coefficient (Wildman–Crippen LogP) is 4.39. The number of halogens is 2. The number of hydrogen-bond donors (Lipinski definition) is 1. The minimum atomic E-state index is -0.752. The minimum absolute atomic E-state index is 0.162. The maximum Gasteiger partial charge on any atom is 0.266 e. The topological polar surface area (TPSA) is 38.3 Å². The normalized spacial score (nSPS) is 15.2. The first-order valence-electron chi connectivity index (χ1n) is 7.10. The first kappa shape index (κ1) is 15.2. The largest absolute Gasteiger partial charge is 0.474 e. The molecule has 3 nitrogen and oxygen atoms in total. The standard InChI is InChI=1S/C17H15Cl2NO2/c18-12-6-9-14(19)15(10-12)22-16(11-4-2-1-3-5-11)17(21)20-13-7-8-13/h1-6,9-10,13,16H,7-8H2,(H,20,21). The van der Waals surface area contributed by atoms with Gasteiger partial charge in [0.05, 0.1) is 5.02 Å². The number of carbonyl (C=O) groups is 1. The molecule has 1 saturated carbocycles. The van der Waals surface area contributed by atoms with E-state index in [9.17, 15) is 4.79 Å². The molecule has 1 unspecified atom stereocenters. The van der Waals surface area contributed by atoms with Crippen LogP contribution in [0, 0.1) is 0 Å². The van der Waals surface area contributed by atoms with E-state index in [1.807, 2.05) is 30.3 Å². The Hall–Kier alpha value is -1.71. The van der Waals surface area contributed by atoms with Gasteiger partial charge in [0.2, 0.25) is 6.10 Å². The summed E-state index contributed by atoms with van der Waals surface area (Å²) in [4.78, 5) is 12.5. The zero-order chi connectivity index (χ0) is 15.5. The van der Waals surface area contributed by atoms with E-state index in [0.29, 0.717) is 15.8 Å². The molecule has 0 aromatic heterocycles. The Bertz CT molecular complexity index is 672. The minimum Gasteiger partial charge on any atom is -0.474 e. The Morgan fingerprint density at radius 2 is 1.86 bits per heavy atom. The molecule has 0 radical (unpaired) electrons. The van der Waals surface area contributed by atoms with Crippen molar-refractivity contribution >= 4 is 29.1 Å². The summed E-state index contributed by atoms with van der Waals surface area (Å²) >= 11 is 12.1. The SMILES string of the molecule is O=C(NC1CC1)C(Oc1cc(Cl)ccc1Cl)c1ccccc1. The van der Waals surface area contributed by atoms with Gasteiger partial charge < -0.3 is 10.1 Å². The molecular formula is C17H15Cl2NO2. The molecular weight excluding hydrogens is 321 g/mol. The first-order valence-corrected chi connectivity index (χ1v) is 7.86. The lowest BCUT2D eigenvalue weighted by Crippen LogP contribution is -2.33. The van der Waals surface area contributed by atoms with Crippen molar-refractivity contribution in [2.45, 2.75) is 25.0 Å². The molecule has 1 aliphatic carbocycles. The van der Waals surface area contributed by atoms with E-state index < -0.39 is 6.10 Å². The van der Waals surface area contributed by atoms with Crippen LogP contribution in [0.1, 0.15) is 24.5 Å². The highest BCUT2D eigenvalue weighted by atomic mass is 35.5.